The molecule has 5 nitrogen and oxygen atoms in total. The zero-order chi connectivity index (χ0) is 19.1. The van der Waals surface area contributed by atoms with Crippen molar-refractivity contribution in [3.63, 3.8) is 0 Å². The molecule has 138 valence electrons. The lowest BCUT2D eigenvalue weighted by Crippen LogP contribution is -2.14. The minimum atomic E-state index is -4.27. The first kappa shape index (κ1) is 18.1. The van der Waals surface area contributed by atoms with E-state index in [0.717, 1.165) is 0 Å². The number of hydrogen-bond acceptors (Lipinski definition) is 3. The Morgan fingerprint density at radius 2 is 1.88 bits per heavy atom. The Morgan fingerprint density at radius 3 is 2.46 bits per heavy atom. The summed E-state index contributed by atoms with van der Waals surface area (Å²) in [5.41, 5.74) is 0.568. The first-order valence-electron chi connectivity index (χ1n) is 7.89. The highest BCUT2D eigenvalue weighted by Gasteiger charge is 2.27. The van der Waals surface area contributed by atoms with Gasteiger partial charge in [0.1, 0.15) is 23.6 Å². The van der Waals surface area contributed by atoms with Crippen LogP contribution in [0.3, 0.4) is 0 Å². The summed E-state index contributed by atoms with van der Waals surface area (Å²) in [5.74, 6) is 0.363. The van der Waals surface area contributed by atoms with Gasteiger partial charge in [-0.2, -0.15) is 18.3 Å². The van der Waals surface area contributed by atoms with E-state index in [2.05, 4.69) is 15.1 Å². The van der Waals surface area contributed by atoms with Crippen LogP contribution < -0.4 is 5.56 Å². The van der Waals surface area contributed by atoms with Gasteiger partial charge in [-0.3, -0.25) is 4.79 Å². The van der Waals surface area contributed by atoms with Crippen LogP contribution in [0.1, 0.15) is 35.6 Å². The summed E-state index contributed by atoms with van der Waals surface area (Å²) in [6.07, 6.45) is -5.28. The number of hydrogen-bond donors (Lipinski definition) is 1. The molecule has 0 unspecified atom stereocenters. The number of nitrogens with zero attached hydrogens (tertiary/aromatic N) is 3. The van der Waals surface area contributed by atoms with Crippen molar-refractivity contribution in [3.8, 4) is 0 Å². The fraction of sp³-hybridized carbons (Fsp3) is 0.353. The molecule has 0 spiro atoms. The molecule has 0 bridgehead atoms. The van der Waals surface area contributed by atoms with Gasteiger partial charge in [-0.25, -0.2) is 14.1 Å². The number of aromatic nitrogens is 4. The molecule has 3 rings (SSSR count). The highest BCUT2D eigenvalue weighted by atomic mass is 19.4. The highest BCUT2D eigenvalue weighted by Crippen LogP contribution is 2.26. The van der Waals surface area contributed by atoms with Crippen molar-refractivity contribution in [1.82, 2.24) is 19.7 Å². The van der Waals surface area contributed by atoms with Gasteiger partial charge in [0.15, 0.2) is 5.65 Å². The maximum absolute atomic E-state index is 13.3. The van der Waals surface area contributed by atoms with Gasteiger partial charge in [-0.15, -0.1) is 0 Å². The molecule has 0 saturated heterocycles. The maximum atomic E-state index is 13.3. The summed E-state index contributed by atoms with van der Waals surface area (Å²) in [6.45, 7) is 2.43. The number of H-pyrrole nitrogens is 1. The third kappa shape index (κ3) is 3.47. The van der Waals surface area contributed by atoms with Crippen molar-refractivity contribution in [2.75, 3.05) is 0 Å². The average Bonchev–Trinajstić information content (AvgIpc) is 2.92. The number of rotatable bonds is 4. The normalized spacial score (nSPS) is 13.3. The predicted octanol–water partition coefficient (Wildman–Crippen LogP) is 3.61. The van der Waals surface area contributed by atoms with Crippen LogP contribution in [0.5, 0.6) is 0 Å². The first-order valence-corrected chi connectivity index (χ1v) is 7.89. The Kier molecular flexibility index (Phi) is 4.55. The maximum Gasteiger partial charge on any atom is 0.393 e. The molecule has 0 fully saturated rings. The van der Waals surface area contributed by atoms with Gasteiger partial charge in [0.2, 0.25) is 0 Å². The van der Waals surface area contributed by atoms with Gasteiger partial charge < -0.3 is 4.98 Å². The van der Waals surface area contributed by atoms with E-state index in [1.807, 2.05) is 0 Å². The molecule has 0 saturated carbocycles. The smallest absolute Gasteiger partial charge is 0.310 e. The van der Waals surface area contributed by atoms with E-state index in [0.29, 0.717) is 11.4 Å². The third-order valence-electron chi connectivity index (χ3n) is 4.11. The standard InChI is InChI=1S/C17H16F4N4O/c1-9(12-5-3-11(4-6-12)7-17(19,20)21)25-15-14(13(8-18)24-25)16(26)23-10(2)22-15/h3-6,9H,7-8H2,1-2H3,(H,22,23,26)/t9-/m1/s1. The molecule has 0 aliphatic carbocycles. The lowest BCUT2D eigenvalue weighted by atomic mass is 10.0. The van der Waals surface area contributed by atoms with Gasteiger partial charge in [0, 0.05) is 0 Å². The third-order valence-corrected chi connectivity index (χ3v) is 4.11. The second-order valence-electron chi connectivity index (χ2n) is 6.08. The molecular weight excluding hydrogens is 352 g/mol. The predicted molar refractivity (Wildman–Crippen MR) is 87.7 cm³/mol. The summed E-state index contributed by atoms with van der Waals surface area (Å²) >= 11 is 0. The SMILES string of the molecule is Cc1nc2c(c(CF)nn2[C@H](C)c2ccc(CC(F)(F)F)cc2)c(=O)[nH]1. The molecule has 2 aromatic heterocycles. The van der Waals surface area contributed by atoms with E-state index in [1.165, 1.54) is 16.8 Å². The number of benzene rings is 1. The van der Waals surface area contributed by atoms with Crippen LogP contribution in [-0.4, -0.2) is 25.9 Å². The highest BCUT2D eigenvalue weighted by molar-refractivity contribution is 5.77. The molecule has 1 aromatic carbocycles. The number of nitrogens with one attached hydrogen (secondary N) is 1. The molecule has 0 aliphatic heterocycles. The summed E-state index contributed by atoms with van der Waals surface area (Å²) in [4.78, 5) is 18.9. The molecule has 0 aliphatic rings. The van der Waals surface area contributed by atoms with Gasteiger partial charge in [0.05, 0.1) is 12.5 Å². The summed E-state index contributed by atoms with van der Waals surface area (Å²) in [6, 6.07) is 5.48. The minimum Gasteiger partial charge on any atom is -0.310 e. The fourth-order valence-electron chi connectivity index (χ4n) is 2.87. The van der Waals surface area contributed by atoms with Crippen LogP contribution in [0.15, 0.2) is 29.1 Å². The Morgan fingerprint density at radius 1 is 1.23 bits per heavy atom. The minimum absolute atomic E-state index is 0.0192. The van der Waals surface area contributed by atoms with Crippen molar-refractivity contribution in [2.45, 2.75) is 39.2 Å². The molecule has 1 N–H and O–H groups in total. The molecular formula is C17H16F4N4O. The average molecular weight is 368 g/mol. The van der Waals surface area contributed by atoms with Crippen LogP contribution in [0, 0.1) is 6.92 Å². The molecule has 0 radical (unpaired) electrons. The van der Waals surface area contributed by atoms with Gasteiger partial charge in [0.25, 0.3) is 5.56 Å². The lowest BCUT2D eigenvalue weighted by Gasteiger charge is -2.14. The number of aromatic amines is 1. The van der Waals surface area contributed by atoms with E-state index in [9.17, 15) is 22.4 Å². The molecule has 1 atom stereocenters. The monoisotopic (exact) mass is 368 g/mol. The number of aryl methyl sites for hydroxylation is 1. The van der Waals surface area contributed by atoms with Crippen molar-refractivity contribution >= 4 is 11.0 Å². The van der Waals surface area contributed by atoms with Crippen LogP contribution >= 0.6 is 0 Å². The van der Waals surface area contributed by atoms with E-state index in [1.54, 1.807) is 26.0 Å². The second-order valence-corrected chi connectivity index (χ2v) is 6.08. The van der Waals surface area contributed by atoms with E-state index in [4.69, 9.17) is 0 Å². The summed E-state index contributed by atoms with van der Waals surface area (Å²) in [5, 5.41) is 4.23. The van der Waals surface area contributed by atoms with Crippen molar-refractivity contribution in [1.29, 1.82) is 0 Å². The van der Waals surface area contributed by atoms with Crippen LogP contribution in [0.25, 0.3) is 11.0 Å². The molecule has 0 amide bonds. The fourth-order valence-corrected chi connectivity index (χ4v) is 2.87. The topological polar surface area (TPSA) is 63.6 Å². The van der Waals surface area contributed by atoms with Crippen molar-refractivity contribution in [3.05, 3.63) is 57.3 Å². The van der Waals surface area contributed by atoms with Gasteiger partial charge in [-0.1, -0.05) is 24.3 Å². The quantitative estimate of drug-likeness (QED) is 0.716. The zero-order valence-corrected chi connectivity index (χ0v) is 14.1. The zero-order valence-electron chi connectivity index (χ0n) is 14.1. The van der Waals surface area contributed by atoms with Crippen molar-refractivity contribution in [2.24, 2.45) is 0 Å². The molecule has 26 heavy (non-hydrogen) atoms. The Hall–Kier alpha value is -2.71. The largest absolute Gasteiger partial charge is 0.393 e. The van der Waals surface area contributed by atoms with Crippen LogP contribution in [0.4, 0.5) is 17.6 Å². The number of fused-ring (bicyclic) bond motifs is 1. The van der Waals surface area contributed by atoms with Crippen LogP contribution in [0.2, 0.25) is 0 Å². The van der Waals surface area contributed by atoms with Gasteiger partial charge in [-0.05, 0) is 25.0 Å². The number of halogens is 4. The van der Waals surface area contributed by atoms with Gasteiger partial charge >= 0.3 is 6.18 Å². The molecule has 9 heteroatoms. The Labute approximate surface area is 145 Å². The van der Waals surface area contributed by atoms with E-state index >= 15 is 0 Å². The summed E-state index contributed by atoms with van der Waals surface area (Å²) < 4.78 is 52.1. The Balaban J connectivity index is 2.02. The molecule has 3 aromatic rings. The van der Waals surface area contributed by atoms with Crippen molar-refractivity contribution < 1.29 is 17.6 Å². The van der Waals surface area contributed by atoms with E-state index in [-0.39, 0.29) is 22.3 Å². The Bertz CT molecular complexity index is 989. The van der Waals surface area contributed by atoms with Crippen LogP contribution in [-0.2, 0) is 13.1 Å². The first-order chi connectivity index (χ1) is 12.2. The lowest BCUT2D eigenvalue weighted by molar-refractivity contribution is -0.127. The number of alkyl halides is 4. The summed E-state index contributed by atoms with van der Waals surface area (Å²) in [7, 11) is 0. The molecule has 2 heterocycles. The second kappa shape index (κ2) is 6.54. The van der Waals surface area contributed by atoms with E-state index < -0.39 is 30.9 Å².